The van der Waals surface area contributed by atoms with Crippen LogP contribution in [0.4, 0.5) is 10.1 Å². The van der Waals surface area contributed by atoms with E-state index >= 15 is 0 Å². The van der Waals surface area contributed by atoms with Crippen LogP contribution in [-0.2, 0) is 6.42 Å². The van der Waals surface area contributed by atoms with Gasteiger partial charge in [-0.1, -0.05) is 66.6 Å². The van der Waals surface area contributed by atoms with Crippen LogP contribution in [0.25, 0.3) is 0 Å². The molecule has 0 amide bonds. The van der Waals surface area contributed by atoms with E-state index in [0.717, 1.165) is 60.9 Å². The SMILES string of the molecule is CCC(C)O.Cc1ccc(CCN2CCN(c3ccc(C)cc3Cl)[C@H](c3ccc(F)cc3)C2)cc1. The number of aliphatic hydroxyl groups is 1. The maximum Gasteiger partial charge on any atom is 0.123 e. The van der Waals surface area contributed by atoms with E-state index in [0.29, 0.717) is 0 Å². The minimum absolute atomic E-state index is 0.116. The van der Waals surface area contributed by atoms with Gasteiger partial charge in [0.05, 0.1) is 22.9 Å². The molecule has 3 aromatic rings. The Kier molecular flexibility index (Phi) is 10.1. The molecule has 1 saturated heterocycles. The highest BCUT2D eigenvalue weighted by Crippen LogP contribution is 2.35. The van der Waals surface area contributed by atoms with Gasteiger partial charge in [-0.25, -0.2) is 4.39 Å². The fourth-order valence-electron chi connectivity index (χ4n) is 4.19. The summed E-state index contributed by atoms with van der Waals surface area (Å²) in [5.41, 5.74) is 5.98. The summed E-state index contributed by atoms with van der Waals surface area (Å²) in [7, 11) is 0. The number of rotatable bonds is 6. The number of benzene rings is 3. The molecule has 4 rings (SSSR count). The summed E-state index contributed by atoms with van der Waals surface area (Å²) in [6, 6.07) is 22.1. The Hall–Kier alpha value is -2.40. The summed E-state index contributed by atoms with van der Waals surface area (Å²) in [5, 5.41) is 9.13. The van der Waals surface area contributed by atoms with Crippen molar-refractivity contribution >= 4 is 17.3 Å². The standard InChI is InChI=1S/C26H28ClFN2.C4H10O/c1-19-3-6-21(7-4-19)13-14-29-15-16-30(25-12-5-20(2)17-24(25)27)26(18-29)22-8-10-23(28)11-9-22;1-3-4(2)5/h3-12,17,26H,13-16,18H2,1-2H3;4-5H,3H2,1-2H3/t26-;/m0./s1. The molecule has 0 aliphatic carbocycles. The Morgan fingerprint density at radius 2 is 1.60 bits per heavy atom. The minimum Gasteiger partial charge on any atom is -0.393 e. The number of anilines is 1. The van der Waals surface area contributed by atoms with Crippen LogP contribution in [0.3, 0.4) is 0 Å². The lowest BCUT2D eigenvalue weighted by atomic mass is 10.00. The maximum absolute atomic E-state index is 13.6. The van der Waals surface area contributed by atoms with Gasteiger partial charge in [0.2, 0.25) is 0 Å². The van der Waals surface area contributed by atoms with Crippen LogP contribution in [0.2, 0.25) is 5.02 Å². The third kappa shape index (κ3) is 8.06. The van der Waals surface area contributed by atoms with Crippen LogP contribution in [0.1, 0.15) is 48.6 Å². The van der Waals surface area contributed by atoms with E-state index in [9.17, 15) is 4.39 Å². The van der Waals surface area contributed by atoms with Crippen LogP contribution in [0.15, 0.2) is 66.7 Å². The second kappa shape index (κ2) is 13.1. The normalized spacial score (nSPS) is 17.0. The molecule has 0 bridgehead atoms. The predicted molar refractivity (Wildman–Crippen MR) is 146 cm³/mol. The Morgan fingerprint density at radius 1 is 0.971 bits per heavy atom. The molecule has 0 aromatic heterocycles. The molecular formula is C30H38ClFN2O. The number of hydrogen-bond donors (Lipinski definition) is 1. The summed E-state index contributed by atoms with van der Waals surface area (Å²) >= 11 is 6.62. The Bertz CT molecular complexity index is 1050. The van der Waals surface area contributed by atoms with E-state index in [1.165, 1.54) is 11.1 Å². The van der Waals surface area contributed by atoms with Gasteiger partial charge in [-0.15, -0.1) is 0 Å². The van der Waals surface area contributed by atoms with Gasteiger partial charge < -0.3 is 10.0 Å². The van der Waals surface area contributed by atoms with Crippen molar-refractivity contribution in [3.63, 3.8) is 0 Å². The topological polar surface area (TPSA) is 26.7 Å². The van der Waals surface area contributed by atoms with Crippen molar-refractivity contribution < 1.29 is 9.50 Å². The lowest BCUT2D eigenvalue weighted by Gasteiger charge is -2.43. The largest absolute Gasteiger partial charge is 0.393 e. The average molecular weight is 497 g/mol. The van der Waals surface area contributed by atoms with Crippen molar-refractivity contribution in [3.8, 4) is 0 Å². The lowest BCUT2D eigenvalue weighted by molar-refractivity contribution is 0.191. The fourth-order valence-corrected chi connectivity index (χ4v) is 4.53. The van der Waals surface area contributed by atoms with Crippen molar-refractivity contribution in [3.05, 3.63) is 99.8 Å². The van der Waals surface area contributed by atoms with Crippen molar-refractivity contribution in [2.24, 2.45) is 0 Å². The van der Waals surface area contributed by atoms with E-state index in [1.807, 2.05) is 25.1 Å². The number of aliphatic hydroxyl groups excluding tert-OH is 1. The lowest BCUT2D eigenvalue weighted by Crippen LogP contribution is -2.49. The van der Waals surface area contributed by atoms with Crippen LogP contribution in [-0.4, -0.2) is 42.3 Å². The Balaban J connectivity index is 0.000000623. The highest BCUT2D eigenvalue weighted by Gasteiger charge is 2.29. The van der Waals surface area contributed by atoms with Gasteiger partial charge in [-0.2, -0.15) is 0 Å². The smallest absolute Gasteiger partial charge is 0.123 e. The van der Waals surface area contributed by atoms with E-state index in [1.54, 1.807) is 19.1 Å². The van der Waals surface area contributed by atoms with E-state index in [4.69, 9.17) is 16.7 Å². The van der Waals surface area contributed by atoms with Crippen molar-refractivity contribution in [2.75, 3.05) is 31.1 Å². The van der Waals surface area contributed by atoms with Gasteiger partial charge in [0.15, 0.2) is 0 Å². The first-order valence-corrected chi connectivity index (χ1v) is 12.9. The zero-order chi connectivity index (χ0) is 25.4. The van der Waals surface area contributed by atoms with Gasteiger partial charge in [-0.05, 0) is 74.6 Å². The van der Waals surface area contributed by atoms with Crippen LogP contribution in [0.5, 0.6) is 0 Å². The first kappa shape index (κ1) is 27.2. The summed E-state index contributed by atoms with van der Waals surface area (Å²) in [5.74, 6) is -0.203. The highest BCUT2D eigenvalue weighted by atomic mass is 35.5. The van der Waals surface area contributed by atoms with Gasteiger partial charge in [0.25, 0.3) is 0 Å². The third-order valence-corrected chi connectivity index (χ3v) is 6.86. The van der Waals surface area contributed by atoms with Gasteiger partial charge in [0.1, 0.15) is 5.82 Å². The molecule has 0 radical (unpaired) electrons. The summed E-state index contributed by atoms with van der Waals surface area (Å²) in [4.78, 5) is 4.88. The van der Waals surface area contributed by atoms with Gasteiger partial charge >= 0.3 is 0 Å². The molecule has 1 aliphatic rings. The number of piperazine rings is 1. The number of aryl methyl sites for hydroxylation is 2. The zero-order valence-electron chi connectivity index (χ0n) is 21.3. The van der Waals surface area contributed by atoms with E-state index in [2.05, 4.69) is 60.0 Å². The number of hydrogen-bond acceptors (Lipinski definition) is 3. The molecule has 5 heteroatoms. The summed E-state index contributed by atoms with van der Waals surface area (Å²) < 4.78 is 13.6. The molecule has 2 atom stereocenters. The molecule has 0 saturated carbocycles. The second-order valence-corrected chi connectivity index (χ2v) is 9.92. The first-order valence-electron chi connectivity index (χ1n) is 12.5. The number of nitrogens with zero attached hydrogens (tertiary/aromatic N) is 2. The first-order chi connectivity index (χ1) is 16.8. The van der Waals surface area contributed by atoms with Crippen molar-refractivity contribution in [1.82, 2.24) is 4.90 Å². The van der Waals surface area contributed by atoms with E-state index in [-0.39, 0.29) is 18.0 Å². The molecule has 1 N–H and O–H groups in total. The minimum atomic E-state index is -0.203. The summed E-state index contributed by atoms with van der Waals surface area (Å²) in [6.45, 7) is 11.7. The monoisotopic (exact) mass is 496 g/mol. The quantitative estimate of drug-likeness (QED) is 0.398. The second-order valence-electron chi connectivity index (χ2n) is 9.51. The molecule has 3 nitrogen and oxygen atoms in total. The predicted octanol–water partition coefficient (Wildman–Crippen LogP) is 6.98. The molecular weight excluding hydrogens is 459 g/mol. The molecule has 1 heterocycles. The van der Waals surface area contributed by atoms with Gasteiger partial charge in [0, 0.05) is 26.2 Å². The molecule has 1 fully saturated rings. The molecule has 1 aliphatic heterocycles. The van der Waals surface area contributed by atoms with Crippen LogP contribution < -0.4 is 4.90 Å². The van der Waals surface area contributed by atoms with Crippen molar-refractivity contribution in [2.45, 2.75) is 52.7 Å². The summed E-state index contributed by atoms with van der Waals surface area (Å²) in [6.07, 6.45) is 1.77. The van der Waals surface area contributed by atoms with E-state index < -0.39 is 0 Å². The zero-order valence-corrected chi connectivity index (χ0v) is 22.1. The molecule has 0 spiro atoms. The van der Waals surface area contributed by atoms with Crippen LogP contribution >= 0.6 is 11.6 Å². The Morgan fingerprint density at radius 3 is 2.20 bits per heavy atom. The fraction of sp³-hybridized carbons (Fsp3) is 0.400. The third-order valence-electron chi connectivity index (χ3n) is 6.56. The maximum atomic E-state index is 13.6. The molecule has 35 heavy (non-hydrogen) atoms. The van der Waals surface area contributed by atoms with Crippen LogP contribution in [0, 0.1) is 19.7 Å². The van der Waals surface area contributed by atoms with Crippen molar-refractivity contribution in [1.29, 1.82) is 0 Å². The van der Waals surface area contributed by atoms with Gasteiger partial charge in [-0.3, -0.25) is 4.90 Å². The highest BCUT2D eigenvalue weighted by molar-refractivity contribution is 6.33. The molecule has 1 unspecified atom stereocenters. The Labute approximate surface area is 215 Å². The molecule has 3 aromatic carbocycles. The molecule has 188 valence electrons. The average Bonchev–Trinajstić information content (AvgIpc) is 2.85. The number of halogens is 2.